The first-order chi connectivity index (χ1) is 12.3. The summed E-state index contributed by atoms with van der Waals surface area (Å²) in [6.45, 7) is 1.97. The van der Waals surface area contributed by atoms with Crippen LogP contribution in [0.1, 0.15) is 17.9 Å². The minimum absolute atomic E-state index is 0.104. The van der Waals surface area contributed by atoms with Crippen LogP contribution < -0.4 is 10.6 Å². The monoisotopic (exact) mass is 392 g/mol. The molecule has 0 spiro atoms. The second-order valence-corrected chi connectivity index (χ2v) is 7.41. The lowest BCUT2D eigenvalue weighted by Crippen LogP contribution is -2.23. The van der Waals surface area contributed by atoms with Crippen LogP contribution >= 0.6 is 23.4 Å². The average molecular weight is 393 g/mol. The van der Waals surface area contributed by atoms with Gasteiger partial charge in [-0.1, -0.05) is 23.4 Å². The minimum Gasteiger partial charge on any atom is -0.465 e. The van der Waals surface area contributed by atoms with Crippen LogP contribution in [0.15, 0.2) is 29.7 Å². The van der Waals surface area contributed by atoms with Crippen molar-refractivity contribution in [1.82, 2.24) is 19.5 Å². The number of nitrogens with zero attached hydrogens (tertiary/aromatic N) is 5. The van der Waals surface area contributed by atoms with Crippen molar-refractivity contribution >= 4 is 51.9 Å². The number of aromatic nitrogens is 4. The van der Waals surface area contributed by atoms with Crippen molar-refractivity contribution in [3.05, 3.63) is 35.4 Å². The maximum absolute atomic E-state index is 11.3. The summed E-state index contributed by atoms with van der Waals surface area (Å²) in [5.41, 5.74) is 7.97. The molecule has 26 heavy (non-hydrogen) atoms. The van der Waals surface area contributed by atoms with Gasteiger partial charge in [0, 0.05) is 37.9 Å². The standard InChI is InChI=1S/C16H17ClN6O2S/c1-8(26-15-20-11(17)6-12(18)21-15)13-14-9(4-5-19-13)10(7-22(14)2)23(3)16(24)25/h4-8H,1-3H3,(H,24,25)(H2,18,20,21). The molecule has 0 bridgehead atoms. The third-order valence-electron chi connectivity index (χ3n) is 3.91. The summed E-state index contributed by atoms with van der Waals surface area (Å²) in [5, 5.41) is 10.7. The fourth-order valence-electron chi connectivity index (χ4n) is 2.71. The molecular weight excluding hydrogens is 376 g/mol. The fraction of sp³-hybridized carbons (Fsp3) is 0.250. The Hall–Kier alpha value is -2.52. The van der Waals surface area contributed by atoms with Gasteiger partial charge in [0.15, 0.2) is 5.16 Å². The van der Waals surface area contributed by atoms with E-state index in [-0.39, 0.29) is 10.4 Å². The van der Waals surface area contributed by atoms with Crippen molar-refractivity contribution in [2.24, 2.45) is 7.05 Å². The maximum Gasteiger partial charge on any atom is 0.411 e. The molecule has 136 valence electrons. The number of fused-ring (bicyclic) bond motifs is 1. The fourth-order valence-corrected chi connectivity index (χ4v) is 3.86. The van der Waals surface area contributed by atoms with E-state index in [4.69, 9.17) is 17.3 Å². The van der Waals surface area contributed by atoms with Gasteiger partial charge in [0.25, 0.3) is 0 Å². The molecule has 10 heteroatoms. The Bertz CT molecular complexity index is 972. The number of amides is 1. The van der Waals surface area contributed by atoms with Crippen LogP contribution in [-0.2, 0) is 7.05 Å². The van der Waals surface area contributed by atoms with Gasteiger partial charge >= 0.3 is 6.09 Å². The van der Waals surface area contributed by atoms with Crippen molar-refractivity contribution in [1.29, 1.82) is 0 Å². The van der Waals surface area contributed by atoms with Gasteiger partial charge in [0.1, 0.15) is 11.0 Å². The van der Waals surface area contributed by atoms with Crippen LogP contribution in [0.3, 0.4) is 0 Å². The number of thioether (sulfide) groups is 1. The van der Waals surface area contributed by atoms with Gasteiger partial charge in [0.05, 0.1) is 22.1 Å². The molecule has 0 saturated heterocycles. The topological polar surface area (TPSA) is 110 Å². The first-order valence-electron chi connectivity index (χ1n) is 7.65. The number of nitrogens with two attached hydrogens (primary N) is 1. The first-order valence-corrected chi connectivity index (χ1v) is 8.91. The number of nitrogen functional groups attached to an aromatic ring is 1. The van der Waals surface area contributed by atoms with E-state index in [2.05, 4.69) is 15.0 Å². The van der Waals surface area contributed by atoms with E-state index in [1.807, 2.05) is 18.5 Å². The highest BCUT2D eigenvalue weighted by molar-refractivity contribution is 7.99. The third-order valence-corrected chi connectivity index (χ3v) is 5.07. The van der Waals surface area contributed by atoms with Crippen LogP contribution in [0.25, 0.3) is 10.9 Å². The molecule has 1 unspecified atom stereocenters. The van der Waals surface area contributed by atoms with Gasteiger partial charge < -0.3 is 15.4 Å². The van der Waals surface area contributed by atoms with Crippen LogP contribution in [-0.4, -0.2) is 37.8 Å². The number of rotatable bonds is 4. The molecule has 8 nitrogen and oxygen atoms in total. The number of carbonyl (C=O) groups is 1. The summed E-state index contributed by atoms with van der Waals surface area (Å²) in [5.74, 6) is 0.301. The SMILES string of the molecule is CC(Sc1nc(N)cc(Cl)n1)c1nccc2c(N(C)C(=O)O)cn(C)c12. The van der Waals surface area contributed by atoms with Crippen LogP contribution in [0.4, 0.5) is 16.3 Å². The number of halogens is 1. The Morgan fingerprint density at radius 3 is 2.85 bits per heavy atom. The van der Waals surface area contributed by atoms with Crippen LogP contribution in [0, 0.1) is 0 Å². The minimum atomic E-state index is -1.03. The summed E-state index contributed by atoms with van der Waals surface area (Å²) in [4.78, 5) is 25.4. The second kappa shape index (κ2) is 7.00. The summed E-state index contributed by atoms with van der Waals surface area (Å²) in [6.07, 6.45) is 2.41. The van der Waals surface area contributed by atoms with E-state index >= 15 is 0 Å². The Morgan fingerprint density at radius 2 is 2.19 bits per heavy atom. The Balaban J connectivity index is 2.03. The van der Waals surface area contributed by atoms with Gasteiger partial charge in [-0.05, 0) is 13.0 Å². The van der Waals surface area contributed by atoms with E-state index in [1.54, 1.807) is 18.5 Å². The Labute approximate surface area is 159 Å². The van der Waals surface area contributed by atoms with Crippen molar-refractivity contribution in [2.45, 2.75) is 17.3 Å². The number of carboxylic acid groups (broad SMARTS) is 1. The number of hydrogen-bond donors (Lipinski definition) is 2. The molecule has 1 amide bonds. The molecule has 3 heterocycles. The number of pyridine rings is 1. The third kappa shape index (κ3) is 3.40. The van der Waals surface area contributed by atoms with Gasteiger partial charge in [-0.2, -0.15) is 0 Å². The van der Waals surface area contributed by atoms with Gasteiger partial charge in [-0.3, -0.25) is 9.88 Å². The van der Waals surface area contributed by atoms with Gasteiger partial charge in [0.2, 0.25) is 0 Å². The quantitative estimate of drug-likeness (QED) is 0.396. The van der Waals surface area contributed by atoms with Gasteiger partial charge in [-0.15, -0.1) is 0 Å². The summed E-state index contributed by atoms with van der Waals surface area (Å²) in [7, 11) is 3.37. The average Bonchev–Trinajstić information content (AvgIpc) is 2.90. The second-order valence-electron chi connectivity index (χ2n) is 5.72. The van der Waals surface area contributed by atoms with Crippen molar-refractivity contribution in [2.75, 3.05) is 17.7 Å². The number of hydrogen-bond acceptors (Lipinski definition) is 6. The molecule has 1 atom stereocenters. The van der Waals surface area contributed by atoms with Crippen molar-refractivity contribution in [3.63, 3.8) is 0 Å². The molecule has 3 aromatic rings. The van der Waals surface area contributed by atoms with Gasteiger partial charge in [-0.25, -0.2) is 14.8 Å². The smallest absolute Gasteiger partial charge is 0.411 e. The largest absolute Gasteiger partial charge is 0.465 e. The summed E-state index contributed by atoms with van der Waals surface area (Å²) >= 11 is 7.32. The normalized spacial score (nSPS) is 12.3. The zero-order chi connectivity index (χ0) is 19.0. The highest BCUT2D eigenvalue weighted by Gasteiger charge is 2.21. The Kier molecular flexibility index (Phi) is 4.92. The molecule has 0 aliphatic carbocycles. The molecule has 3 aromatic heterocycles. The highest BCUT2D eigenvalue weighted by Crippen LogP contribution is 2.38. The molecule has 0 aliphatic heterocycles. The number of anilines is 2. The maximum atomic E-state index is 11.3. The van der Waals surface area contributed by atoms with E-state index in [0.29, 0.717) is 16.7 Å². The molecule has 0 aromatic carbocycles. The Morgan fingerprint density at radius 1 is 1.46 bits per heavy atom. The van der Waals surface area contributed by atoms with E-state index in [0.717, 1.165) is 16.6 Å². The molecule has 3 rings (SSSR count). The lowest BCUT2D eigenvalue weighted by atomic mass is 10.2. The molecule has 3 N–H and O–H groups in total. The first kappa shape index (κ1) is 18.3. The molecule has 0 fully saturated rings. The predicted octanol–water partition coefficient (Wildman–Crippen LogP) is 3.57. The lowest BCUT2D eigenvalue weighted by molar-refractivity contribution is 0.203. The van der Waals surface area contributed by atoms with Crippen molar-refractivity contribution in [3.8, 4) is 0 Å². The zero-order valence-corrected chi connectivity index (χ0v) is 15.9. The van der Waals surface area contributed by atoms with E-state index in [1.165, 1.54) is 29.8 Å². The molecule has 0 saturated carbocycles. The van der Waals surface area contributed by atoms with Crippen LogP contribution in [0.2, 0.25) is 5.15 Å². The lowest BCUT2D eigenvalue weighted by Gasteiger charge is -2.13. The predicted molar refractivity (Wildman–Crippen MR) is 103 cm³/mol. The molecule has 0 radical (unpaired) electrons. The van der Waals surface area contributed by atoms with Crippen molar-refractivity contribution < 1.29 is 9.90 Å². The summed E-state index contributed by atoms with van der Waals surface area (Å²) < 4.78 is 1.87. The molecular formula is C16H17ClN6O2S. The van der Waals surface area contributed by atoms with E-state index < -0.39 is 6.09 Å². The van der Waals surface area contributed by atoms with Crippen LogP contribution in [0.5, 0.6) is 0 Å². The summed E-state index contributed by atoms with van der Waals surface area (Å²) in [6, 6.07) is 3.29. The zero-order valence-electron chi connectivity index (χ0n) is 14.3. The van der Waals surface area contributed by atoms with E-state index in [9.17, 15) is 9.90 Å². The number of aryl methyl sites for hydroxylation is 1. The highest BCUT2D eigenvalue weighted by atomic mass is 35.5. The molecule has 0 aliphatic rings.